The molecule has 3 heterocycles. The Bertz CT molecular complexity index is 1240. The molecule has 0 radical (unpaired) electrons. The van der Waals surface area contributed by atoms with Crippen molar-refractivity contribution in [2.24, 2.45) is 11.8 Å². The van der Waals surface area contributed by atoms with Crippen LogP contribution in [-0.4, -0.2) is 63.9 Å². The van der Waals surface area contributed by atoms with Crippen molar-refractivity contribution in [1.29, 1.82) is 0 Å². The zero-order valence-electron chi connectivity index (χ0n) is 21.3. The lowest BCUT2D eigenvalue weighted by Crippen LogP contribution is -2.49. The van der Waals surface area contributed by atoms with Crippen molar-refractivity contribution in [3.8, 4) is 17.2 Å². The van der Waals surface area contributed by atoms with Gasteiger partial charge in [0.05, 0.1) is 23.6 Å². The average molecular weight is 498 g/mol. The van der Waals surface area contributed by atoms with E-state index in [1.807, 2.05) is 32.9 Å². The largest absolute Gasteiger partial charge is 0.478 e. The molecular weight excluding hydrogens is 462 g/mol. The molecule has 194 valence electrons. The van der Waals surface area contributed by atoms with Gasteiger partial charge in [-0.1, -0.05) is 0 Å². The van der Waals surface area contributed by atoms with Crippen LogP contribution in [0.25, 0.3) is 22.3 Å². The number of hydrogen-bond donors (Lipinski definition) is 4. The number of aliphatic hydroxyl groups is 2. The summed E-state index contributed by atoms with van der Waals surface area (Å²) in [5.41, 5.74) is 1.69. The number of rotatable bonds is 10. The fourth-order valence-electron chi connectivity index (χ4n) is 5.00. The third kappa shape index (κ3) is 4.60. The van der Waals surface area contributed by atoms with Gasteiger partial charge in [0.25, 0.3) is 0 Å². The van der Waals surface area contributed by atoms with Gasteiger partial charge in [0.1, 0.15) is 17.7 Å². The van der Waals surface area contributed by atoms with Crippen molar-refractivity contribution < 1.29 is 24.1 Å². The normalized spacial score (nSPS) is 23.8. The minimum absolute atomic E-state index is 0.115. The number of ether oxygens (including phenoxy) is 2. The first-order chi connectivity index (χ1) is 17.4. The van der Waals surface area contributed by atoms with Crippen molar-refractivity contribution in [1.82, 2.24) is 15.0 Å². The monoisotopic (exact) mass is 497 g/mol. The lowest BCUT2D eigenvalue weighted by molar-refractivity contribution is -0.0807. The van der Waals surface area contributed by atoms with E-state index in [1.165, 1.54) is 12.8 Å². The maximum Gasteiger partial charge on any atom is 0.224 e. The molecule has 0 aliphatic heterocycles. The molecule has 0 amide bonds. The van der Waals surface area contributed by atoms with E-state index in [9.17, 15) is 10.2 Å². The molecule has 3 aromatic heterocycles. The molecule has 10 nitrogen and oxygen atoms in total. The zero-order valence-corrected chi connectivity index (χ0v) is 21.3. The van der Waals surface area contributed by atoms with Crippen molar-refractivity contribution in [3.05, 3.63) is 23.5 Å². The number of anilines is 2. The standard InChI is InChI=1S/C26H35N5O5/c1-5-35-20-11-18-10-19(36-22(18)15(3)28-20)21-14(2)29-25(27-12-16-6-7-16)30-24(21)31-26(34-4)9-8-17(13-32)23(26)33/h10-11,16-17,23,32-33H,5-9,12-13H2,1-4H3,(H2,27,29,30,31)/t17-,23-,26-/m1/s1. The Balaban J connectivity index is 1.59. The Morgan fingerprint density at radius 1 is 1.14 bits per heavy atom. The van der Waals surface area contributed by atoms with Gasteiger partial charge in [-0.2, -0.15) is 4.98 Å². The van der Waals surface area contributed by atoms with Gasteiger partial charge in [0.2, 0.25) is 11.8 Å². The summed E-state index contributed by atoms with van der Waals surface area (Å²) in [6.45, 7) is 6.94. The predicted octanol–water partition coefficient (Wildman–Crippen LogP) is 3.64. The molecule has 10 heteroatoms. The Labute approximate surface area is 210 Å². The quantitative estimate of drug-likeness (QED) is 0.308. The number of aryl methyl sites for hydroxylation is 2. The molecule has 2 aliphatic rings. The number of pyridine rings is 1. The van der Waals surface area contributed by atoms with Crippen molar-refractivity contribution in [2.75, 3.05) is 37.5 Å². The first kappa shape index (κ1) is 24.7. The van der Waals surface area contributed by atoms with Crippen molar-refractivity contribution in [3.63, 3.8) is 0 Å². The summed E-state index contributed by atoms with van der Waals surface area (Å²) in [4.78, 5) is 14.0. The molecule has 4 N–H and O–H groups in total. The maximum atomic E-state index is 11.0. The van der Waals surface area contributed by atoms with E-state index in [4.69, 9.17) is 23.9 Å². The van der Waals surface area contributed by atoms with Crippen LogP contribution in [0.15, 0.2) is 16.5 Å². The lowest BCUT2D eigenvalue weighted by Gasteiger charge is -2.34. The molecule has 0 spiro atoms. The van der Waals surface area contributed by atoms with Crippen LogP contribution in [0.2, 0.25) is 0 Å². The summed E-state index contributed by atoms with van der Waals surface area (Å²) < 4.78 is 17.7. The third-order valence-electron chi connectivity index (χ3n) is 7.26. The van der Waals surface area contributed by atoms with E-state index < -0.39 is 11.8 Å². The van der Waals surface area contributed by atoms with Gasteiger partial charge < -0.3 is 34.7 Å². The highest BCUT2D eigenvalue weighted by molar-refractivity contribution is 5.88. The van der Waals surface area contributed by atoms with E-state index in [-0.39, 0.29) is 12.5 Å². The minimum Gasteiger partial charge on any atom is -0.478 e. The van der Waals surface area contributed by atoms with Crippen LogP contribution in [0, 0.1) is 25.7 Å². The van der Waals surface area contributed by atoms with Crippen LogP contribution in [0.3, 0.4) is 0 Å². The number of methoxy groups -OCH3 is 1. The van der Waals surface area contributed by atoms with Gasteiger partial charge >= 0.3 is 0 Å². The summed E-state index contributed by atoms with van der Waals surface area (Å²) in [7, 11) is 1.56. The SMILES string of the molecule is CCOc1cc2cc(-c3c(C)nc(NCC4CC4)nc3N[C@@]3(OC)CC[C@H](CO)[C@H]3O)oc2c(C)n1. The number of hydrogen-bond acceptors (Lipinski definition) is 10. The summed E-state index contributed by atoms with van der Waals surface area (Å²) in [6.07, 6.45) is 2.67. The Morgan fingerprint density at radius 3 is 2.61 bits per heavy atom. The molecule has 3 aromatic rings. The lowest BCUT2D eigenvalue weighted by atomic mass is 10.0. The number of aliphatic hydroxyl groups excluding tert-OH is 2. The second-order valence-electron chi connectivity index (χ2n) is 9.83. The highest BCUT2D eigenvalue weighted by atomic mass is 16.5. The highest BCUT2D eigenvalue weighted by Crippen LogP contribution is 2.42. The van der Waals surface area contributed by atoms with Crippen LogP contribution < -0.4 is 15.4 Å². The van der Waals surface area contributed by atoms with Gasteiger partial charge in [0, 0.05) is 37.6 Å². The van der Waals surface area contributed by atoms with Crippen LogP contribution in [0.1, 0.15) is 44.0 Å². The number of nitrogens with zero attached hydrogens (tertiary/aromatic N) is 3. The van der Waals surface area contributed by atoms with Crippen LogP contribution >= 0.6 is 0 Å². The number of furan rings is 1. The predicted molar refractivity (Wildman–Crippen MR) is 136 cm³/mol. The molecule has 2 aliphatic carbocycles. The first-order valence-corrected chi connectivity index (χ1v) is 12.7. The molecule has 0 aromatic carbocycles. The summed E-state index contributed by atoms with van der Waals surface area (Å²) >= 11 is 0. The van der Waals surface area contributed by atoms with Crippen LogP contribution in [0.4, 0.5) is 11.8 Å². The van der Waals surface area contributed by atoms with E-state index in [0.29, 0.717) is 59.9 Å². The fraction of sp³-hybridized carbons (Fsp3) is 0.577. The van der Waals surface area contributed by atoms with E-state index in [0.717, 1.165) is 23.3 Å². The van der Waals surface area contributed by atoms with Gasteiger partial charge in [-0.25, -0.2) is 9.97 Å². The molecule has 36 heavy (non-hydrogen) atoms. The molecule has 2 saturated carbocycles. The Morgan fingerprint density at radius 2 is 1.94 bits per heavy atom. The third-order valence-corrected chi connectivity index (χ3v) is 7.26. The summed E-state index contributed by atoms with van der Waals surface area (Å²) in [5.74, 6) is 2.50. The molecule has 2 fully saturated rings. The number of aromatic nitrogens is 3. The Hall–Kier alpha value is -2.95. The van der Waals surface area contributed by atoms with E-state index in [2.05, 4.69) is 15.6 Å². The topological polar surface area (TPSA) is 135 Å². The second kappa shape index (κ2) is 9.84. The second-order valence-corrected chi connectivity index (χ2v) is 9.83. The summed E-state index contributed by atoms with van der Waals surface area (Å²) in [6, 6.07) is 3.79. The molecule has 0 saturated heterocycles. The minimum atomic E-state index is -1.09. The fourth-order valence-corrected chi connectivity index (χ4v) is 5.00. The van der Waals surface area contributed by atoms with Crippen molar-refractivity contribution in [2.45, 2.75) is 58.3 Å². The zero-order chi connectivity index (χ0) is 25.4. The van der Waals surface area contributed by atoms with Gasteiger partial charge in [0.15, 0.2) is 11.3 Å². The molecule has 3 atom stereocenters. The van der Waals surface area contributed by atoms with Gasteiger partial charge in [-0.3, -0.25) is 0 Å². The van der Waals surface area contributed by atoms with Gasteiger partial charge in [-0.15, -0.1) is 0 Å². The van der Waals surface area contributed by atoms with E-state index >= 15 is 0 Å². The summed E-state index contributed by atoms with van der Waals surface area (Å²) in [5, 5.41) is 28.4. The maximum absolute atomic E-state index is 11.0. The first-order valence-electron chi connectivity index (χ1n) is 12.7. The molecule has 0 bridgehead atoms. The van der Waals surface area contributed by atoms with Gasteiger partial charge in [-0.05, 0) is 58.4 Å². The van der Waals surface area contributed by atoms with Crippen LogP contribution in [-0.2, 0) is 4.74 Å². The average Bonchev–Trinajstić information content (AvgIpc) is 3.51. The Kier molecular flexibility index (Phi) is 6.76. The smallest absolute Gasteiger partial charge is 0.224 e. The van der Waals surface area contributed by atoms with Crippen molar-refractivity contribution >= 4 is 22.7 Å². The number of fused-ring (bicyclic) bond motifs is 1. The highest BCUT2D eigenvalue weighted by Gasteiger charge is 2.49. The molecular formula is C26H35N5O5. The molecule has 0 unspecified atom stereocenters. The molecule has 5 rings (SSSR count). The number of nitrogens with one attached hydrogen (secondary N) is 2. The van der Waals surface area contributed by atoms with E-state index in [1.54, 1.807) is 7.11 Å². The van der Waals surface area contributed by atoms with Crippen LogP contribution in [0.5, 0.6) is 5.88 Å².